The number of rotatable bonds is 9. The molecule has 24 heavy (non-hydrogen) atoms. The van der Waals surface area contributed by atoms with Crippen LogP contribution in [-0.2, 0) is 11.3 Å². The Kier molecular flexibility index (Phi) is 5.55. The summed E-state index contributed by atoms with van der Waals surface area (Å²) in [5.74, 6) is 2.16. The molecule has 0 spiro atoms. The molecule has 7 nitrogen and oxygen atoms in total. The Morgan fingerprint density at radius 3 is 2.88 bits per heavy atom. The van der Waals surface area contributed by atoms with Crippen molar-refractivity contribution in [1.29, 1.82) is 0 Å². The number of hydrogen-bond acceptors (Lipinski definition) is 6. The van der Waals surface area contributed by atoms with Gasteiger partial charge in [0.15, 0.2) is 10.8 Å². The zero-order valence-electron chi connectivity index (χ0n) is 14.2. The van der Waals surface area contributed by atoms with Crippen molar-refractivity contribution in [2.75, 3.05) is 24.2 Å². The maximum absolute atomic E-state index is 11.7. The first-order chi connectivity index (χ1) is 11.7. The molecule has 1 fully saturated rings. The highest BCUT2D eigenvalue weighted by molar-refractivity contribution is 7.99. The fourth-order valence-corrected chi connectivity index (χ4v) is 3.01. The van der Waals surface area contributed by atoms with Gasteiger partial charge in [-0.1, -0.05) is 25.6 Å². The lowest BCUT2D eigenvalue weighted by Gasteiger charge is -2.09. The van der Waals surface area contributed by atoms with Crippen LogP contribution in [0, 0.1) is 5.92 Å². The predicted molar refractivity (Wildman–Crippen MR) is 96.2 cm³/mol. The van der Waals surface area contributed by atoms with Crippen molar-refractivity contribution in [1.82, 2.24) is 25.1 Å². The first kappa shape index (κ1) is 17.0. The Labute approximate surface area is 146 Å². The van der Waals surface area contributed by atoms with E-state index < -0.39 is 0 Å². The van der Waals surface area contributed by atoms with E-state index in [0.717, 1.165) is 53.6 Å². The third-order valence-corrected chi connectivity index (χ3v) is 4.59. The highest BCUT2D eigenvalue weighted by atomic mass is 32.2. The van der Waals surface area contributed by atoms with Gasteiger partial charge in [-0.15, -0.1) is 0 Å². The number of amides is 1. The number of carbonyl (C=O) groups is 1. The van der Waals surface area contributed by atoms with Gasteiger partial charge in [0.2, 0.25) is 5.91 Å². The van der Waals surface area contributed by atoms with E-state index in [9.17, 15) is 4.79 Å². The maximum Gasteiger partial charge on any atom is 0.223 e. The summed E-state index contributed by atoms with van der Waals surface area (Å²) in [5.41, 5.74) is 0.820. The normalized spacial score (nSPS) is 14.1. The second-order valence-electron chi connectivity index (χ2n) is 5.88. The van der Waals surface area contributed by atoms with Gasteiger partial charge in [0.05, 0.1) is 18.1 Å². The van der Waals surface area contributed by atoms with Gasteiger partial charge in [-0.05, 0) is 25.0 Å². The topological polar surface area (TPSA) is 84.7 Å². The van der Waals surface area contributed by atoms with E-state index >= 15 is 0 Å². The minimum atomic E-state index is 0.161. The smallest absolute Gasteiger partial charge is 0.223 e. The van der Waals surface area contributed by atoms with Crippen molar-refractivity contribution < 1.29 is 4.79 Å². The number of aromatic nitrogens is 4. The molecule has 1 saturated carbocycles. The van der Waals surface area contributed by atoms with E-state index in [1.165, 1.54) is 0 Å². The largest absolute Gasteiger partial charge is 0.369 e. The summed E-state index contributed by atoms with van der Waals surface area (Å²) >= 11 is 1.62. The van der Waals surface area contributed by atoms with Crippen LogP contribution >= 0.6 is 11.8 Å². The molecule has 130 valence electrons. The number of nitrogens with one attached hydrogen (secondary N) is 2. The van der Waals surface area contributed by atoms with E-state index in [1.807, 2.05) is 4.68 Å². The van der Waals surface area contributed by atoms with Crippen molar-refractivity contribution in [2.24, 2.45) is 5.92 Å². The molecule has 1 amide bonds. The molecule has 0 aromatic carbocycles. The van der Waals surface area contributed by atoms with Crippen LogP contribution in [0.25, 0.3) is 11.0 Å². The van der Waals surface area contributed by atoms with Gasteiger partial charge in [-0.2, -0.15) is 5.10 Å². The standard InChI is InChI=1S/C16H24N6OS/c1-3-7-17-13-12-10-19-22(9-8-18-15(23)11-5-6-11)14(12)21-16(20-13)24-4-2/h10-11H,3-9H2,1-2H3,(H,18,23)(H,17,20,21). The lowest BCUT2D eigenvalue weighted by atomic mass is 10.3. The quantitative estimate of drug-likeness (QED) is 0.534. The second kappa shape index (κ2) is 7.83. The lowest BCUT2D eigenvalue weighted by molar-refractivity contribution is -0.122. The Morgan fingerprint density at radius 1 is 1.33 bits per heavy atom. The minimum Gasteiger partial charge on any atom is -0.369 e. The van der Waals surface area contributed by atoms with Crippen LogP contribution in [0.4, 0.5) is 5.82 Å². The molecule has 1 aliphatic rings. The zero-order chi connectivity index (χ0) is 16.9. The summed E-state index contributed by atoms with van der Waals surface area (Å²) in [5, 5.41) is 12.5. The molecule has 0 aliphatic heterocycles. The highest BCUT2D eigenvalue weighted by Crippen LogP contribution is 2.28. The summed E-state index contributed by atoms with van der Waals surface area (Å²) in [7, 11) is 0. The molecule has 3 rings (SSSR count). The van der Waals surface area contributed by atoms with Gasteiger partial charge in [0.25, 0.3) is 0 Å². The van der Waals surface area contributed by atoms with Gasteiger partial charge in [0, 0.05) is 19.0 Å². The molecule has 1 aliphatic carbocycles. The average Bonchev–Trinajstić information content (AvgIpc) is 3.35. The number of fused-ring (bicyclic) bond motifs is 1. The van der Waals surface area contributed by atoms with Crippen LogP contribution in [0.3, 0.4) is 0 Å². The average molecular weight is 348 g/mol. The van der Waals surface area contributed by atoms with Crippen molar-refractivity contribution >= 4 is 34.5 Å². The number of hydrogen-bond donors (Lipinski definition) is 2. The van der Waals surface area contributed by atoms with Crippen LogP contribution < -0.4 is 10.6 Å². The first-order valence-electron chi connectivity index (χ1n) is 8.60. The number of thioether (sulfide) groups is 1. The monoisotopic (exact) mass is 348 g/mol. The predicted octanol–water partition coefficient (Wildman–Crippen LogP) is 2.29. The van der Waals surface area contributed by atoms with E-state index in [1.54, 1.807) is 18.0 Å². The van der Waals surface area contributed by atoms with Crippen molar-refractivity contribution in [3.05, 3.63) is 6.20 Å². The zero-order valence-corrected chi connectivity index (χ0v) is 15.0. The van der Waals surface area contributed by atoms with E-state index in [2.05, 4.69) is 39.5 Å². The molecule has 0 atom stereocenters. The van der Waals surface area contributed by atoms with Gasteiger partial charge in [-0.25, -0.2) is 14.6 Å². The molecule has 2 N–H and O–H groups in total. The fourth-order valence-electron chi connectivity index (χ4n) is 2.45. The van der Waals surface area contributed by atoms with Crippen LogP contribution in [0.15, 0.2) is 11.4 Å². The molecular formula is C16H24N6OS. The van der Waals surface area contributed by atoms with Gasteiger partial charge < -0.3 is 10.6 Å². The van der Waals surface area contributed by atoms with Crippen LogP contribution in [0.2, 0.25) is 0 Å². The molecule has 2 heterocycles. The maximum atomic E-state index is 11.7. The molecule has 0 radical (unpaired) electrons. The Hall–Kier alpha value is -1.83. The fraction of sp³-hybridized carbons (Fsp3) is 0.625. The van der Waals surface area contributed by atoms with Crippen molar-refractivity contribution in [3.8, 4) is 0 Å². The van der Waals surface area contributed by atoms with Crippen molar-refractivity contribution in [3.63, 3.8) is 0 Å². The highest BCUT2D eigenvalue weighted by Gasteiger charge is 2.29. The van der Waals surface area contributed by atoms with Crippen molar-refractivity contribution in [2.45, 2.75) is 44.8 Å². The summed E-state index contributed by atoms with van der Waals surface area (Å²) in [6.45, 7) is 6.26. The Balaban J connectivity index is 1.76. The molecule has 0 unspecified atom stereocenters. The summed E-state index contributed by atoms with van der Waals surface area (Å²) in [6.07, 6.45) is 4.88. The van der Waals surface area contributed by atoms with E-state index in [0.29, 0.717) is 13.1 Å². The van der Waals surface area contributed by atoms with E-state index in [-0.39, 0.29) is 11.8 Å². The third-order valence-electron chi connectivity index (χ3n) is 3.86. The van der Waals surface area contributed by atoms with Gasteiger partial charge in [0.1, 0.15) is 5.82 Å². The summed E-state index contributed by atoms with van der Waals surface area (Å²) in [6, 6.07) is 0. The molecule has 2 aromatic heterocycles. The Morgan fingerprint density at radius 2 is 2.17 bits per heavy atom. The van der Waals surface area contributed by atoms with Crippen LogP contribution in [0.5, 0.6) is 0 Å². The minimum absolute atomic E-state index is 0.161. The molecule has 2 aromatic rings. The lowest BCUT2D eigenvalue weighted by Crippen LogP contribution is -2.28. The van der Waals surface area contributed by atoms with Crippen LogP contribution in [0.1, 0.15) is 33.1 Å². The molecule has 0 saturated heterocycles. The van der Waals surface area contributed by atoms with E-state index in [4.69, 9.17) is 0 Å². The first-order valence-corrected chi connectivity index (χ1v) is 9.59. The SMILES string of the molecule is CCCNc1nc(SCC)nc2c1cnn2CCNC(=O)C1CC1. The third kappa shape index (κ3) is 3.98. The Bertz CT molecular complexity index is 712. The summed E-state index contributed by atoms with van der Waals surface area (Å²) < 4.78 is 1.85. The molecule has 8 heteroatoms. The number of carbonyl (C=O) groups excluding carboxylic acids is 1. The number of anilines is 1. The van der Waals surface area contributed by atoms with Gasteiger partial charge in [-0.3, -0.25) is 4.79 Å². The van der Waals surface area contributed by atoms with Gasteiger partial charge >= 0.3 is 0 Å². The second-order valence-corrected chi connectivity index (χ2v) is 7.12. The number of nitrogens with zero attached hydrogens (tertiary/aromatic N) is 4. The summed E-state index contributed by atoms with van der Waals surface area (Å²) in [4.78, 5) is 21.0. The molecule has 0 bridgehead atoms. The van der Waals surface area contributed by atoms with Crippen LogP contribution in [-0.4, -0.2) is 44.5 Å². The molecular weight excluding hydrogens is 324 g/mol.